The van der Waals surface area contributed by atoms with E-state index in [1.807, 2.05) is 20.8 Å². The minimum absolute atomic E-state index is 0.00498. The van der Waals surface area contributed by atoms with E-state index in [-0.39, 0.29) is 48.4 Å². The highest BCUT2D eigenvalue weighted by Crippen LogP contribution is 2.33. The molecule has 28 heavy (non-hydrogen) atoms. The third kappa shape index (κ3) is 5.17. The van der Waals surface area contributed by atoms with Crippen molar-refractivity contribution in [3.05, 3.63) is 0 Å². The fourth-order valence-corrected chi connectivity index (χ4v) is 4.27. The second-order valence-electron chi connectivity index (χ2n) is 9.25. The Labute approximate surface area is 164 Å². The van der Waals surface area contributed by atoms with Gasteiger partial charge in [-0.05, 0) is 52.9 Å². The Bertz CT molecular complexity index is 597. The first-order valence-corrected chi connectivity index (χ1v) is 10.2. The van der Waals surface area contributed by atoms with Crippen molar-refractivity contribution in [3.63, 3.8) is 0 Å². The average molecular weight is 403 g/mol. The molecule has 6 nitrogen and oxygen atoms in total. The number of guanidine groups is 1. The fraction of sp³-hybridized carbons (Fsp3) is 0.895. The number of aliphatic imine (C=N–C) groups is 1. The number of nitrogens with zero attached hydrogens (tertiary/aromatic N) is 1. The van der Waals surface area contributed by atoms with E-state index in [1.165, 1.54) is 0 Å². The van der Waals surface area contributed by atoms with Gasteiger partial charge < -0.3 is 5.32 Å². The summed E-state index contributed by atoms with van der Waals surface area (Å²) in [5.41, 5.74) is 5.65. The zero-order valence-corrected chi connectivity index (χ0v) is 16.8. The number of carbonyl (C=O) groups excluding carboxylic acids is 1. The summed E-state index contributed by atoms with van der Waals surface area (Å²) in [6, 6.07) is -0.291. The summed E-state index contributed by atoms with van der Waals surface area (Å²) in [5.74, 6) is -0.674. The van der Waals surface area contributed by atoms with E-state index in [9.17, 15) is 18.0 Å². The van der Waals surface area contributed by atoms with Crippen molar-refractivity contribution in [2.45, 2.75) is 95.6 Å². The van der Waals surface area contributed by atoms with Crippen LogP contribution in [-0.4, -0.2) is 48.1 Å². The average Bonchev–Trinajstić information content (AvgIpc) is 3.00. The van der Waals surface area contributed by atoms with Crippen molar-refractivity contribution in [2.24, 2.45) is 16.8 Å². The van der Waals surface area contributed by atoms with Crippen LogP contribution in [0.4, 0.5) is 13.2 Å². The Morgan fingerprint density at radius 2 is 1.75 bits per heavy atom. The number of amides is 1. The van der Waals surface area contributed by atoms with Gasteiger partial charge in [0.25, 0.3) is 0 Å². The van der Waals surface area contributed by atoms with E-state index in [4.69, 9.17) is 0 Å². The molecule has 7 atom stereocenters. The molecule has 1 amide bonds. The SMILES string of the molecule is CC(C)(C)N/C(=N\C1NNC2C(F)CCCC12)NC(=O)C1CCC(F)C(F)C1. The largest absolute Gasteiger partial charge is 0.351 e. The lowest BCUT2D eigenvalue weighted by atomic mass is 9.83. The summed E-state index contributed by atoms with van der Waals surface area (Å²) in [4.78, 5) is 17.3. The first-order valence-electron chi connectivity index (χ1n) is 10.2. The zero-order chi connectivity index (χ0) is 20.5. The number of rotatable bonds is 2. The number of hydrogen-bond acceptors (Lipinski definition) is 4. The lowest BCUT2D eigenvalue weighted by Crippen LogP contribution is -2.52. The van der Waals surface area contributed by atoms with Gasteiger partial charge in [0.2, 0.25) is 5.91 Å². The molecule has 1 aliphatic heterocycles. The van der Waals surface area contributed by atoms with Gasteiger partial charge in [-0.3, -0.25) is 10.1 Å². The molecule has 0 bridgehead atoms. The smallest absolute Gasteiger partial charge is 0.229 e. The maximum Gasteiger partial charge on any atom is 0.229 e. The minimum Gasteiger partial charge on any atom is -0.351 e. The van der Waals surface area contributed by atoms with Gasteiger partial charge in [-0.15, -0.1) is 0 Å². The highest BCUT2D eigenvalue weighted by Gasteiger charge is 2.43. The van der Waals surface area contributed by atoms with E-state index >= 15 is 0 Å². The van der Waals surface area contributed by atoms with Gasteiger partial charge in [-0.1, -0.05) is 6.42 Å². The Morgan fingerprint density at radius 1 is 1.00 bits per heavy atom. The van der Waals surface area contributed by atoms with Crippen LogP contribution in [0.2, 0.25) is 0 Å². The molecule has 1 heterocycles. The monoisotopic (exact) mass is 403 g/mol. The maximum atomic E-state index is 14.1. The van der Waals surface area contributed by atoms with Crippen molar-refractivity contribution >= 4 is 11.9 Å². The van der Waals surface area contributed by atoms with Gasteiger partial charge in [-0.25, -0.2) is 29.0 Å². The van der Waals surface area contributed by atoms with Crippen molar-refractivity contribution < 1.29 is 18.0 Å². The van der Waals surface area contributed by atoms with Gasteiger partial charge in [0, 0.05) is 17.4 Å². The number of carbonyl (C=O) groups is 1. The predicted octanol–water partition coefficient (Wildman–Crippen LogP) is 2.26. The van der Waals surface area contributed by atoms with Gasteiger partial charge in [0.15, 0.2) is 5.96 Å². The van der Waals surface area contributed by atoms with E-state index in [0.717, 1.165) is 12.8 Å². The third-order valence-corrected chi connectivity index (χ3v) is 5.74. The molecule has 3 rings (SSSR count). The molecule has 0 aromatic carbocycles. The summed E-state index contributed by atoms with van der Waals surface area (Å²) in [5, 5.41) is 5.93. The normalized spacial score (nSPS) is 39.4. The molecule has 3 fully saturated rings. The molecule has 3 aliphatic rings. The van der Waals surface area contributed by atoms with Gasteiger partial charge in [-0.2, -0.15) is 0 Å². The maximum absolute atomic E-state index is 14.1. The molecular weight excluding hydrogens is 371 g/mol. The lowest BCUT2D eigenvalue weighted by Gasteiger charge is -2.30. The number of nitrogens with one attached hydrogen (secondary N) is 4. The second-order valence-corrected chi connectivity index (χ2v) is 9.25. The number of hydrogen-bond donors (Lipinski definition) is 4. The van der Waals surface area contributed by atoms with Crippen molar-refractivity contribution in [1.29, 1.82) is 0 Å². The Morgan fingerprint density at radius 3 is 2.43 bits per heavy atom. The summed E-state index contributed by atoms with van der Waals surface area (Å²) < 4.78 is 41.2. The van der Waals surface area contributed by atoms with Crippen molar-refractivity contribution in [1.82, 2.24) is 21.5 Å². The molecular formula is C19H32F3N5O. The van der Waals surface area contributed by atoms with Crippen LogP contribution in [-0.2, 0) is 4.79 Å². The third-order valence-electron chi connectivity index (χ3n) is 5.74. The number of fused-ring (bicyclic) bond motifs is 1. The topological polar surface area (TPSA) is 77.6 Å². The van der Waals surface area contributed by atoms with Crippen LogP contribution in [0.5, 0.6) is 0 Å². The van der Waals surface area contributed by atoms with Crippen LogP contribution >= 0.6 is 0 Å². The first-order chi connectivity index (χ1) is 13.1. The molecule has 2 aliphatic carbocycles. The van der Waals surface area contributed by atoms with Crippen molar-refractivity contribution in [2.75, 3.05) is 0 Å². The molecule has 0 radical (unpaired) electrons. The molecule has 1 saturated heterocycles. The lowest BCUT2D eigenvalue weighted by molar-refractivity contribution is -0.125. The fourth-order valence-electron chi connectivity index (χ4n) is 4.27. The van der Waals surface area contributed by atoms with E-state index in [1.54, 1.807) is 0 Å². The van der Waals surface area contributed by atoms with E-state index < -0.39 is 24.4 Å². The quantitative estimate of drug-likeness (QED) is 0.421. The molecule has 9 heteroatoms. The second kappa shape index (κ2) is 8.57. The van der Waals surface area contributed by atoms with Crippen molar-refractivity contribution in [3.8, 4) is 0 Å². The molecule has 4 N–H and O–H groups in total. The predicted molar refractivity (Wildman–Crippen MR) is 102 cm³/mol. The molecule has 0 spiro atoms. The van der Waals surface area contributed by atoms with Crippen LogP contribution in [0, 0.1) is 11.8 Å². The van der Waals surface area contributed by atoms with Crippen LogP contribution in [0.15, 0.2) is 4.99 Å². The highest BCUT2D eigenvalue weighted by molar-refractivity contribution is 5.98. The highest BCUT2D eigenvalue weighted by atomic mass is 19.2. The van der Waals surface area contributed by atoms with E-state index in [2.05, 4.69) is 26.5 Å². The van der Waals surface area contributed by atoms with Gasteiger partial charge >= 0.3 is 0 Å². The van der Waals surface area contributed by atoms with Crippen LogP contribution < -0.4 is 21.5 Å². The number of halogens is 3. The summed E-state index contributed by atoms with van der Waals surface area (Å²) in [6.07, 6.45) is -1.95. The molecule has 7 unspecified atom stereocenters. The summed E-state index contributed by atoms with van der Waals surface area (Å²) in [7, 11) is 0. The molecule has 0 aromatic rings. The summed E-state index contributed by atoms with van der Waals surface area (Å²) >= 11 is 0. The van der Waals surface area contributed by atoms with Crippen LogP contribution in [0.1, 0.15) is 59.3 Å². The Hall–Kier alpha value is -1.35. The van der Waals surface area contributed by atoms with Gasteiger partial charge in [0.1, 0.15) is 24.7 Å². The zero-order valence-electron chi connectivity index (χ0n) is 16.8. The molecule has 160 valence electrons. The first kappa shape index (κ1) is 21.4. The molecule has 2 saturated carbocycles. The van der Waals surface area contributed by atoms with Crippen LogP contribution in [0.3, 0.4) is 0 Å². The minimum atomic E-state index is -1.61. The standard InChI is InChI=1S/C19H32F3N5O/c1-19(2,3)25-18(24-17(28)10-7-8-12(20)14(22)9-10)23-16-11-5-4-6-13(21)15(11)26-27-16/h10-16,26-27H,4-9H2,1-3H3,(H2,23,24,25,28). The number of alkyl halides is 3. The Balaban J connectivity index is 1.70. The van der Waals surface area contributed by atoms with Gasteiger partial charge in [0.05, 0.1) is 6.04 Å². The van der Waals surface area contributed by atoms with E-state index in [0.29, 0.717) is 12.8 Å². The Kier molecular flexibility index (Phi) is 6.54. The number of hydrazine groups is 1. The summed E-state index contributed by atoms with van der Waals surface area (Å²) in [6.45, 7) is 5.80. The molecule has 0 aromatic heterocycles. The van der Waals surface area contributed by atoms with Crippen LogP contribution in [0.25, 0.3) is 0 Å².